The topological polar surface area (TPSA) is 147 Å². The molecule has 11 nitrogen and oxygen atoms in total. The molecule has 13 heteroatoms. The zero-order chi connectivity index (χ0) is 23.4. The Balaban J connectivity index is 1.53. The van der Waals surface area contributed by atoms with Crippen molar-refractivity contribution in [1.29, 1.82) is 0 Å². The highest BCUT2D eigenvalue weighted by Crippen LogP contribution is 2.37. The van der Waals surface area contributed by atoms with Gasteiger partial charge in [-0.3, -0.25) is 19.5 Å². The van der Waals surface area contributed by atoms with Crippen LogP contribution in [0.1, 0.15) is 12.5 Å². The number of phosphoric ester groups is 1. The highest BCUT2D eigenvalue weighted by molar-refractivity contribution is 7.80. The van der Waals surface area contributed by atoms with Crippen LogP contribution in [0.5, 0.6) is 5.75 Å². The van der Waals surface area contributed by atoms with Gasteiger partial charge >= 0.3 is 7.82 Å². The van der Waals surface area contributed by atoms with Crippen molar-refractivity contribution >= 4 is 42.1 Å². The van der Waals surface area contributed by atoms with Gasteiger partial charge in [-0.15, -0.1) is 0 Å². The molecule has 0 fully saturated rings. The van der Waals surface area contributed by atoms with E-state index in [1.807, 2.05) is 13.0 Å². The summed E-state index contributed by atoms with van der Waals surface area (Å²) in [5.74, 6) is 0.644. The summed E-state index contributed by atoms with van der Waals surface area (Å²) < 4.78 is 17.4. The Bertz CT molecular complexity index is 1360. The molecule has 0 aliphatic carbocycles. The van der Waals surface area contributed by atoms with Crippen LogP contribution in [0.4, 0.5) is 5.82 Å². The van der Waals surface area contributed by atoms with Crippen LogP contribution >= 0.6 is 20.0 Å². The molecule has 4 rings (SSSR count). The van der Waals surface area contributed by atoms with Gasteiger partial charge in [-0.2, -0.15) is 5.10 Å². The van der Waals surface area contributed by atoms with Gasteiger partial charge in [-0.25, -0.2) is 14.5 Å². The predicted octanol–water partition coefficient (Wildman–Crippen LogP) is 2.71. The first kappa shape index (κ1) is 22.7. The Labute approximate surface area is 194 Å². The third-order valence-corrected chi connectivity index (χ3v) is 5.08. The van der Waals surface area contributed by atoms with Crippen molar-refractivity contribution < 1.29 is 18.9 Å². The quantitative estimate of drug-likeness (QED) is 0.226. The maximum atomic E-state index is 11.0. The summed E-state index contributed by atoms with van der Waals surface area (Å²) in [6, 6.07) is 10.1. The first-order valence-electron chi connectivity index (χ1n) is 9.84. The van der Waals surface area contributed by atoms with Crippen molar-refractivity contribution in [3.05, 3.63) is 60.6 Å². The highest BCUT2D eigenvalue weighted by Gasteiger charge is 2.16. The van der Waals surface area contributed by atoms with E-state index in [4.69, 9.17) is 22.0 Å². The maximum Gasteiger partial charge on any atom is 0.524 e. The number of thiocarbonyl (C=S) groups is 1. The average Bonchev–Trinajstić information content (AvgIpc) is 3.21. The van der Waals surface area contributed by atoms with E-state index in [-0.39, 0.29) is 5.75 Å². The number of hydrogen-bond acceptors (Lipinski definition) is 7. The number of rotatable bonds is 7. The van der Waals surface area contributed by atoms with Crippen molar-refractivity contribution in [2.24, 2.45) is 0 Å². The van der Waals surface area contributed by atoms with Crippen molar-refractivity contribution in [3.63, 3.8) is 0 Å². The van der Waals surface area contributed by atoms with Gasteiger partial charge in [-0.05, 0) is 49.0 Å². The molecule has 0 spiro atoms. The van der Waals surface area contributed by atoms with Gasteiger partial charge in [0.1, 0.15) is 17.1 Å². The number of benzene rings is 1. The molecule has 0 saturated carbocycles. The smallest absolute Gasteiger partial charge is 0.404 e. The minimum absolute atomic E-state index is 0.0812. The Morgan fingerprint density at radius 1 is 1.21 bits per heavy atom. The summed E-state index contributed by atoms with van der Waals surface area (Å²) in [4.78, 5) is 31.5. The molecule has 4 aromatic rings. The molecule has 3 aromatic heterocycles. The number of phosphoric acid groups is 1. The van der Waals surface area contributed by atoms with Crippen molar-refractivity contribution in [2.75, 3.05) is 11.9 Å². The predicted molar refractivity (Wildman–Crippen MR) is 127 cm³/mol. The number of fused-ring (bicyclic) bond motifs is 1. The molecule has 0 aliphatic rings. The molecule has 0 aliphatic heterocycles. The molecule has 0 unspecified atom stereocenters. The number of nitrogens with one attached hydrogen (secondary N) is 2. The second kappa shape index (κ2) is 9.59. The van der Waals surface area contributed by atoms with Gasteiger partial charge in [0.05, 0.1) is 24.6 Å². The maximum absolute atomic E-state index is 11.0. The SMILES string of the molecule is CCNC(=S)Nc1ccc2ncc(-c3cnn(Cc4cccc(OP(=O)(O)O)c4)c3)nc2n1. The fraction of sp³-hybridized carbons (Fsp3) is 0.150. The van der Waals surface area contributed by atoms with Crippen molar-refractivity contribution in [1.82, 2.24) is 30.0 Å². The number of hydrogen-bond donors (Lipinski definition) is 4. The fourth-order valence-corrected chi connectivity index (χ4v) is 3.67. The van der Waals surface area contributed by atoms with Crippen LogP contribution < -0.4 is 15.2 Å². The fourth-order valence-electron chi connectivity index (χ4n) is 3.03. The van der Waals surface area contributed by atoms with E-state index < -0.39 is 7.82 Å². The Hall–Kier alpha value is -3.44. The van der Waals surface area contributed by atoms with E-state index in [1.54, 1.807) is 47.5 Å². The van der Waals surface area contributed by atoms with E-state index in [9.17, 15) is 4.57 Å². The summed E-state index contributed by atoms with van der Waals surface area (Å²) in [6.45, 7) is 3.02. The monoisotopic (exact) mass is 485 g/mol. The van der Waals surface area contributed by atoms with Crippen LogP contribution in [-0.4, -0.2) is 46.2 Å². The zero-order valence-corrected chi connectivity index (χ0v) is 19.1. The first-order chi connectivity index (χ1) is 15.8. The van der Waals surface area contributed by atoms with E-state index in [0.29, 0.717) is 40.9 Å². The lowest BCUT2D eigenvalue weighted by Gasteiger charge is -2.08. The van der Waals surface area contributed by atoms with E-state index in [0.717, 1.165) is 11.1 Å². The number of pyridine rings is 1. The van der Waals surface area contributed by atoms with Gasteiger partial charge < -0.3 is 15.2 Å². The molecule has 33 heavy (non-hydrogen) atoms. The molecular formula is C20H20N7O4PS. The van der Waals surface area contributed by atoms with E-state index in [2.05, 4.69) is 35.2 Å². The molecule has 0 saturated heterocycles. The highest BCUT2D eigenvalue weighted by atomic mass is 32.1. The summed E-state index contributed by atoms with van der Waals surface area (Å²) in [6.07, 6.45) is 5.11. The molecular weight excluding hydrogens is 465 g/mol. The molecule has 0 atom stereocenters. The summed E-state index contributed by atoms with van der Waals surface area (Å²) in [5.41, 5.74) is 3.22. The molecule has 1 aromatic carbocycles. The standard InChI is InChI=1S/C20H20N7O4PS/c1-2-21-20(33)26-18-7-6-16-19(25-18)24-17(10-22-16)14-9-23-27(12-14)11-13-4-3-5-15(8-13)31-32(28,29)30/h3-10,12H,2,11H2,1H3,(H2,28,29,30)(H2,21,24,25,26,33). The first-order valence-corrected chi connectivity index (χ1v) is 11.8. The van der Waals surface area contributed by atoms with Gasteiger partial charge in [-0.1, -0.05) is 12.1 Å². The molecule has 0 radical (unpaired) electrons. The number of anilines is 1. The Morgan fingerprint density at radius 3 is 2.85 bits per heavy atom. The number of aromatic nitrogens is 5. The molecule has 3 heterocycles. The molecule has 170 valence electrons. The minimum Gasteiger partial charge on any atom is -0.404 e. The molecule has 0 bridgehead atoms. The van der Waals surface area contributed by atoms with Crippen LogP contribution in [0.3, 0.4) is 0 Å². The lowest BCUT2D eigenvalue weighted by molar-refractivity contribution is 0.283. The van der Waals surface area contributed by atoms with Crippen LogP contribution in [0.15, 0.2) is 55.0 Å². The number of nitrogens with zero attached hydrogens (tertiary/aromatic N) is 5. The van der Waals surface area contributed by atoms with Gasteiger partial charge in [0.15, 0.2) is 10.8 Å². The van der Waals surface area contributed by atoms with Crippen LogP contribution in [0, 0.1) is 0 Å². The second-order valence-corrected chi connectivity index (χ2v) is 8.51. The van der Waals surface area contributed by atoms with Gasteiger partial charge in [0.2, 0.25) is 0 Å². The normalized spacial score (nSPS) is 11.4. The van der Waals surface area contributed by atoms with E-state index >= 15 is 0 Å². The summed E-state index contributed by atoms with van der Waals surface area (Å²) in [7, 11) is -4.62. The van der Waals surface area contributed by atoms with Crippen molar-refractivity contribution in [2.45, 2.75) is 13.5 Å². The van der Waals surface area contributed by atoms with E-state index in [1.165, 1.54) is 6.07 Å². The summed E-state index contributed by atoms with van der Waals surface area (Å²) >= 11 is 5.19. The average molecular weight is 485 g/mol. The molecule has 0 amide bonds. The van der Waals surface area contributed by atoms with Crippen molar-refractivity contribution in [3.8, 4) is 17.0 Å². The Kier molecular flexibility index (Phi) is 6.61. The Morgan fingerprint density at radius 2 is 2.06 bits per heavy atom. The molecule has 4 N–H and O–H groups in total. The van der Waals surface area contributed by atoms with Crippen LogP contribution in [-0.2, 0) is 11.1 Å². The third kappa shape index (κ3) is 6.08. The van der Waals surface area contributed by atoms with Gasteiger partial charge in [0, 0.05) is 18.3 Å². The zero-order valence-electron chi connectivity index (χ0n) is 17.4. The minimum atomic E-state index is -4.62. The lowest BCUT2D eigenvalue weighted by Crippen LogP contribution is -2.28. The second-order valence-electron chi connectivity index (χ2n) is 6.93. The largest absolute Gasteiger partial charge is 0.524 e. The van der Waals surface area contributed by atoms with Crippen LogP contribution in [0.25, 0.3) is 22.4 Å². The summed E-state index contributed by atoms with van der Waals surface area (Å²) in [5, 5.41) is 10.8. The van der Waals surface area contributed by atoms with Gasteiger partial charge in [0.25, 0.3) is 0 Å². The van der Waals surface area contributed by atoms with Crippen LogP contribution in [0.2, 0.25) is 0 Å². The lowest BCUT2D eigenvalue weighted by atomic mass is 10.2. The third-order valence-electron chi connectivity index (χ3n) is 4.38.